The van der Waals surface area contributed by atoms with Crippen molar-refractivity contribution in [2.75, 3.05) is 0 Å². The van der Waals surface area contributed by atoms with Crippen LogP contribution in [0.25, 0.3) is 0 Å². The Kier molecular flexibility index (Phi) is 4.48. The SMILES string of the molecule is CCc1ccc(C(N)CCc2cccnc2)cc1. The predicted molar refractivity (Wildman–Crippen MR) is 75.3 cm³/mol. The van der Waals surface area contributed by atoms with E-state index in [-0.39, 0.29) is 6.04 Å². The Bertz CT molecular complexity index is 462. The van der Waals surface area contributed by atoms with Gasteiger partial charge in [-0.15, -0.1) is 0 Å². The van der Waals surface area contributed by atoms with Crippen LogP contribution in [-0.2, 0) is 12.8 Å². The maximum Gasteiger partial charge on any atom is 0.0299 e. The van der Waals surface area contributed by atoms with Crippen LogP contribution >= 0.6 is 0 Å². The van der Waals surface area contributed by atoms with E-state index < -0.39 is 0 Å². The number of hydrogen-bond acceptors (Lipinski definition) is 2. The van der Waals surface area contributed by atoms with Gasteiger partial charge in [-0.25, -0.2) is 0 Å². The first-order valence-corrected chi connectivity index (χ1v) is 6.53. The monoisotopic (exact) mass is 240 g/mol. The summed E-state index contributed by atoms with van der Waals surface area (Å²) in [6, 6.07) is 12.8. The van der Waals surface area contributed by atoms with E-state index in [1.165, 1.54) is 16.7 Å². The lowest BCUT2D eigenvalue weighted by molar-refractivity contribution is 0.650. The van der Waals surface area contributed by atoms with Crippen LogP contribution in [0.5, 0.6) is 0 Å². The summed E-state index contributed by atoms with van der Waals surface area (Å²) in [5.41, 5.74) is 10.0. The average molecular weight is 240 g/mol. The molecule has 0 bridgehead atoms. The molecule has 0 fully saturated rings. The van der Waals surface area contributed by atoms with Gasteiger partial charge in [0.1, 0.15) is 0 Å². The first-order valence-electron chi connectivity index (χ1n) is 6.53. The lowest BCUT2D eigenvalue weighted by Crippen LogP contribution is -2.11. The van der Waals surface area contributed by atoms with Gasteiger partial charge < -0.3 is 5.73 Å². The van der Waals surface area contributed by atoms with Gasteiger partial charge in [-0.05, 0) is 42.0 Å². The normalized spacial score (nSPS) is 12.3. The summed E-state index contributed by atoms with van der Waals surface area (Å²) in [7, 11) is 0. The van der Waals surface area contributed by atoms with Crippen LogP contribution in [-0.4, -0.2) is 4.98 Å². The summed E-state index contributed by atoms with van der Waals surface area (Å²) in [5, 5.41) is 0. The van der Waals surface area contributed by atoms with Crippen molar-refractivity contribution in [3.05, 3.63) is 65.5 Å². The third-order valence-corrected chi connectivity index (χ3v) is 3.28. The minimum Gasteiger partial charge on any atom is -0.324 e. The van der Waals surface area contributed by atoms with Gasteiger partial charge in [-0.3, -0.25) is 4.98 Å². The van der Waals surface area contributed by atoms with Crippen LogP contribution < -0.4 is 5.73 Å². The largest absolute Gasteiger partial charge is 0.324 e. The lowest BCUT2D eigenvalue weighted by Gasteiger charge is -2.12. The van der Waals surface area contributed by atoms with E-state index >= 15 is 0 Å². The van der Waals surface area contributed by atoms with Crippen molar-refractivity contribution in [1.82, 2.24) is 4.98 Å². The van der Waals surface area contributed by atoms with Gasteiger partial charge >= 0.3 is 0 Å². The van der Waals surface area contributed by atoms with E-state index in [0.29, 0.717) is 0 Å². The molecule has 2 heteroatoms. The van der Waals surface area contributed by atoms with Gasteiger partial charge in [0.2, 0.25) is 0 Å². The molecular formula is C16H20N2. The van der Waals surface area contributed by atoms with Crippen molar-refractivity contribution in [2.45, 2.75) is 32.2 Å². The molecule has 0 saturated carbocycles. The molecule has 0 radical (unpaired) electrons. The summed E-state index contributed by atoms with van der Waals surface area (Å²) >= 11 is 0. The zero-order valence-electron chi connectivity index (χ0n) is 10.8. The van der Waals surface area contributed by atoms with Gasteiger partial charge in [0.25, 0.3) is 0 Å². The van der Waals surface area contributed by atoms with Crippen molar-refractivity contribution in [1.29, 1.82) is 0 Å². The van der Waals surface area contributed by atoms with E-state index in [0.717, 1.165) is 19.3 Å². The number of benzene rings is 1. The molecule has 1 heterocycles. The molecule has 1 atom stereocenters. The quantitative estimate of drug-likeness (QED) is 0.871. The Labute approximate surface area is 109 Å². The highest BCUT2D eigenvalue weighted by atomic mass is 14.6. The second-order valence-corrected chi connectivity index (χ2v) is 4.60. The van der Waals surface area contributed by atoms with E-state index in [2.05, 4.69) is 42.2 Å². The summed E-state index contributed by atoms with van der Waals surface area (Å²) in [5.74, 6) is 0. The van der Waals surface area contributed by atoms with Crippen molar-refractivity contribution in [2.24, 2.45) is 5.73 Å². The average Bonchev–Trinajstić information content (AvgIpc) is 2.46. The van der Waals surface area contributed by atoms with Crippen molar-refractivity contribution >= 4 is 0 Å². The van der Waals surface area contributed by atoms with Gasteiger partial charge in [-0.2, -0.15) is 0 Å². The summed E-state index contributed by atoms with van der Waals surface area (Å²) in [4.78, 5) is 4.12. The molecule has 1 unspecified atom stereocenters. The third kappa shape index (κ3) is 3.41. The van der Waals surface area contributed by atoms with Crippen LogP contribution in [0.3, 0.4) is 0 Å². The Hall–Kier alpha value is -1.67. The maximum atomic E-state index is 6.21. The zero-order valence-corrected chi connectivity index (χ0v) is 10.8. The molecule has 0 aliphatic rings. The highest BCUT2D eigenvalue weighted by Crippen LogP contribution is 2.17. The fourth-order valence-electron chi connectivity index (χ4n) is 2.04. The van der Waals surface area contributed by atoms with E-state index in [4.69, 9.17) is 5.73 Å². The van der Waals surface area contributed by atoms with Gasteiger partial charge in [0, 0.05) is 18.4 Å². The molecule has 94 valence electrons. The first kappa shape index (κ1) is 12.8. The van der Waals surface area contributed by atoms with E-state index in [1.807, 2.05) is 12.3 Å². The summed E-state index contributed by atoms with van der Waals surface area (Å²) in [6.45, 7) is 2.16. The van der Waals surface area contributed by atoms with Crippen LogP contribution in [0.2, 0.25) is 0 Å². The highest BCUT2D eigenvalue weighted by Gasteiger charge is 2.06. The topological polar surface area (TPSA) is 38.9 Å². The zero-order chi connectivity index (χ0) is 12.8. The molecule has 0 spiro atoms. The molecule has 0 saturated heterocycles. The third-order valence-electron chi connectivity index (χ3n) is 3.28. The Morgan fingerprint density at radius 1 is 1.11 bits per heavy atom. The van der Waals surface area contributed by atoms with Gasteiger partial charge in [0.05, 0.1) is 0 Å². The molecule has 2 rings (SSSR count). The second-order valence-electron chi connectivity index (χ2n) is 4.60. The molecule has 1 aromatic carbocycles. The summed E-state index contributed by atoms with van der Waals surface area (Å²) in [6.07, 6.45) is 6.71. The predicted octanol–water partition coefficient (Wildman–Crippen LogP) is 3.28. The number of nitrogens with two attached hydrogens (primary N) is 1. The fourth-order valence-corrected chi connectivity index (χ4v) is 2.04. The van der Waals surface area contributed by atoms with E-state index in [9.17, 15) is 0 Å². The first-order chi connectivity index (χ1) is 8.79. The molecule has 0 aliphatic carbocycles. The van der Waals surface area contributed by atoms with Gasteiger partial charge in [0.15, 0.2) is 0 Å². The van der Waals surface area contributed by atoms with Crippen molar-refractivity contribution < 1.29 is 0 Å². The molecule has 0 aliphatic heterocycles. The lowest BCUT2D eigenvalue weighted by atomic mass is 9.99. The number of aromatic nitrogens is 1. The number of aryl methyl sites for hydroxylation is 2. The molecule has 2 aromatic rings. The molecular weight excluding hydrogens is 220 g/mol. The smallest absolute Gasteiger partial charge is 0.0299 e. The van der Waals surface area contributed by atoms with Crippen LogP contribution in [0.15, 0.2) is 48.8 Å². The molecule has 2 nitrogen and oxygen atoms in total. The second kappa shape index (κ2) is 6.31. The standard InChI is InChI=1S/C16H20N2/c1-2-13-5-8-15(9-6-13)16(17)10-7-14-4-3-11-18-12-14/h3-6,8-9,11-12,16H,2,7,10,17H2,1H3. The Balaban J connectivity index is 1.93. The molecule has 2 N–H and O–H groups in total. The Morgan fingerprint density at radius 2 is 1.89 bits per heavy atom. The van der Waals surface area contributed by atoms with Crippen molar-refractivity contribution in [3.8, 4) is 0 Å². The van der Waals surface area contributed by atoms with Crippen LogP contribution in [0, 0.1) is 0 Å². The number of pyridine rings is 1. The number of hydrogen-bond donors (Lipinski definition) is 1. The Morgan fingerprint density at radius 3 is 2.50 bits per heavy atom. The van der Waals surface area contributed by atoms with Gasteiger partial charge in [-0.1, -0.05) is 37.3 Å². The maximum absolute atomic E-state index is 6.21. The summed E-state index contributed by atoms with van der Waals surface area (Å²) < 4.78 is 0. The van der Waals surface area contributed by atoms with E-state index in [1.54, 1.807) is 6.20 Å². The number of rotatable bonds is 5. The van der Waals surface area contributed by atoms with Crippen LogP contribution in [0.1, 0.15) is 36.1 Å². The fraction of sp³-hybridized carbons (Fsp3) is 0.312. The van der Waals surface area contributed by atoms with Crippen LogP contribution in [0.4, 0.5) is 0 Å². The molecule has 0 amide bonds. The minimum atomic E-state index is 0.108. The minimum absolute atomic E-state index is 0.108. The highest BCUT2D eigenvalue weighted by molar-refractivity contribution is 5.25. The number of nitrogens with zero attached hydrogens (tertiary/aromatic N) is 1. The van der Waals surface area contributed by atoms with Crippen molar-refractivity contribution in [3.63, 3.8) is 0 Å². The molecule has 1 aromatic heterocycles. The molecule has 18 heavy (non-hydrogen) atoms.